The molecule has 0 saturated carbocycles. The highest BCUT2D eigenvalue weighted by atomic mass is 16.6. The molecule has 0 aromatic heterocycles. The maximum Gasteiger partial charge on any atom is 0.306 e. The summed E-state index contributed by atoms with van der Waals surface area (Å²) in [5, 5.41) is 0. The molecule has 0 aromatic rings. The molecule has 0 bridgehead atoms. The zero-order valence-corrected chi connectivity index (χ0v) is 42.9. The first-order valence-corrected chi connectivity index (χ1v) is 27.3. The van der Waals surface area contributed by atoms with Crippen molar-refractivity contribution in [3.8, 4) is 0 Å². The topological polar surface area (TPSA) is 78.9 Å². The number of unbranched alkanes of at least 4 members (excludes halogenated alkanes) is 27. The Morgan fingerprint density at radius 3 is 1.03 bits per heavy atom. The third-order valence-corrected chi connectivity index (χ3v) is 11.5. The minimum atomic E-state index is -0.798. The van der Waals surface area contributed by atoms with E-state index in [9.17, 15) is 14.4 Å². The van der Waals surface area contributed by atoms with E-state index in [-0.39, 0.29) is 31.1 Å². The summed E-state index contributed by atoms with van der Waals surface area (Å²) in [6, 6.07) is 0. The van der Waals surface area contributed by atoms with E-state index in [0.29, 0.717) is 19.3 Å². The van der Waals surface area contributed by atoms with Crippen molar-refractivity contribution in [2.45, 2.75) is 252 Å². The Morgan fingerprint density at radius 1 is 0.318 bits per heavy atom. The molecule has 0 aliphatic heterocycles. The summed E-state index contributed by atoms with van der Waals surface area (Å²) in [5.41, 5.74) is 0. The second-order valence-electron chi connectivity index (χ2n) is 17.9. The fourth-order valence-corrected chi connectivity index (χ4v) is 7.41. The number of allylic oxidation sites excluding steroid dienone is 16. The highest BCUT2D eigenvalue weighted by molar-refractivity contribution is 5.71. The average molecular weight is 917 g/mol. The molecular formula is C60H100O6. The van der Waals surface area contributed by atoms with Crippen LogP contribution in [0.4, 0.5) is 0 Å². The van der Waals surface area contributed by atoms with Gasteiger partial charge in [0.1, 0.15) is 13.2 Å². The van der Waals surface area contributed by atoms with Crippen molar-refractivity contribution < 1.29 is 28.6 Å². The Kier molecular flexibility index (Phi) is 50.9. The molecule has 1 unspecified atom stereocenters. The molecule has 0 rings (SSSR count). The van der Waals surface area contributed by atoms with Crippen molar-refractivity contribution in [3.63, 3.8) is 0 Å². The van der Waals surface area contributed by atoms with Crippen LogP contribution in [0, 0.1) is 0 Å². The summed E-state index contributed by atoms with van der Waals surface area (Å²) in [7, 11) is 0. The average Bonchev–Trinajstić information content (AvgIpc) is 3.31. The van der Waals surface area contributed by atoms with Gasteiger partial charge in [-0.1, -0.05) is 266 Å². The molecule has 6 nitrogen and oxygen atoms in total. The first kappa shape index (κ1) is 62.3. The predicted molar refractivity (Wildman–Crippen MR) is 284 cm³/mol. The Labute approximate surface area is 407 Å². The minimum absolute atomic E-state index is 0.0960. The molecule has 0 N–H and O–H groups in total. The van der Waals surface area contributed by atoms with Gasteiger partial charge in [-0.3, -0.25) is 14.4 Å². The van der Waals surface area contributed by atoms with Crippen LogP contribution in [-0.4, -0.2) is 37.2 Å². The van der Waals surface area contributed by atoms with E-state index in [1.807, 2.05) is 72.9 Å². The summed E-state index contributed by atoms with van der Waals surface area (Å²) >= 11 is 0. The molecule has 376 valence electrons. The van der Waals surface area contributed by atoms with Gasteiger partial charge in [-0.25, -0.2) is 0 Å². The smallest absolute Gasteiger partial charge is 0.306 e. The number of hydrogen-bond donors (Lipinski definition) is 0. The molecule has 0 radical (unpaired) electrons. The van der Waals surface area contributed by atoms with Gasteiger partial charge in [0.15, 0.2) is 6.10 Å². The lowest BCUT2D eigenvalue weighted by molar-refractivity contribution is -0.167. The van der Waals surface area contributed by atoms with Crippen molar-refractivity contribution in [1.82, 2.24) is 0 Å². The molecule has 0 saturated heterocycles. The minimum Gasteiger partial charge on any atom is -0.462 e. The van der Waals surface area contributed by atoms with Crippen LogP contribution in [0.15, 0.2) is 97.2 Å². The van der Waals surface area contributed by atoms with Crippen LogP contribution in [0.2, 0.25) is 0 Å². The summed E-state index contributed by atoms with van der Waals surface area (Å²) in [6.45, 7) is 6.42. The Morgan fingerprint density at radius 2 is 0.621 bits per heavy atom. The molecule has 0 fully saturated rings. The molecule has 0 aromatic carbocycles. The molecule has 0 heterocycles. The van der Waals surface area contributed by atoms with E-state index in [1.165, 1.54) is 122 Å². The fourth-order valence-electron chi connectivity index (χ4n) is 7.41. The van der Waals surface area contributed by atoms with Crippen LogP contribution >= 0.6 is 0 Å². The summed E-state index contributed by atoms with van der Waals surface area (Å²) in [6.07, 6.45) is 71.1. The van der Waals surface area contributed by atoms with E-state index >= 15 is 0 Å². The van der Waals surface area contributed by atoms with E-state index in [0.717, 1.165) is 83.5 Å². The normalized spacial score (nSPS) is 12.8. The van der Waals surface area contributed by atoms with Gasteiger partial charge >= 0.3 is 17.9 Å². The summed E-state index contributed by atoms with van der Waals surface area (Å²) < 4.78 is 16.8. The van der Waals surface area contributed by atoms with Crippen LogP contribution in [0.25, 0.3) is 0 Å². The van der Waals surface area contributed by atoms with Gasteiger partial charge in [0.2, 0.25) is 0 Å². The van der Waals surface area contributed by atoms with Gasteiger partial charge in [-0.15, -0.1) is 0 Å². The number of carbonyl (C=O) groups excluding carboxylic acids is 3. The van der Waals surface area contributed by atoms with Gasteiger partial charge in [0.05, 0.1) is 0 Å². The second kappa shape index (κ2) is 53.9. The molecule has 0 aliphatic rings. The van der Waals surface area contributed by atoms with E-state index in [2.05, 4.69) is 45.1 Å². The van der Waals surface area contributed by atoms with Gasteiger partial charge in [-0.05, 0) is 57.8 Å². The first-order valence-electron chi connectivity index (χ1n) is 27.3. The lowest BCUT2D eigenvalue weighted by Gasteiger charge is -2.18. The van der Waals surface area contributed by atoms with Crippen molar-refractivity contribution in [2.24, 2.45) is 0 Å². The fraction of sp³-hybridized carbons (Fsp3) is 0.683. The Balaban J connectivity index is 4.45. The molecular weight excluding hydrogens is 817 g/mol. The number of esters is 3. The molecule has 0 amide bonds. The van der Waals surface area contributed by atoms with Crippen molar-refractivity contribution in [1.29, 1.82) is 0 Å². The molecule has 1 atom stereocenters. The highest BCUT2D eigenvalue weighted by Gasteiger charge is 2.19. The molecule has 0 aliphatic carbocycles. The molecule has 0 spiro atoms. The number of rotatable bonds is 48. The predicted octanol–water partition coefficient (Wildman–Crippen LogP) is 18.1. The van der Waals surface area contributed by atoms with E-state index < -0.39 is 6.10 Å². The standard InChI is InChI=1S/C60H100O6/c1-4-7-10-13-16-19-22-24-26-28-30-32-33-35-38-41-44-47-50-53-59(62)65-56-57(55-64-58(61)52-49-46-43-40-37-21-18-15-12-9-6-3)66-60(63)54-51-48-45-42-39-36-34-31-29-27-25-23-20-17-14-11-8-5-2/h7,10,13,15-16,18-19,22,24,26,28,30,32-33,35,38,57H,4-6,8-9,11-12,14,17,20-21,23,25,27,29,31,34,36-37,39-56H2,1-3H3/b10-7-,16-13-,18-15-,22-19-,26-24-,30-28+,33-32-,38-35-. The van der Waals surface area contributed by atoms with Crippen molar-refractivity contribution >= 4 is 17.9 Å². The summed E-state index contributed by atoms with van der Waals surface area (Å²) in [4.78, 5) is 38.0. The maximum atomic E-state index is 12.8. The Bertz CT molecular complexity index is 1330. The van der Waals surface area contributed by atoms with E-state index in [4.69, 9.17) is 14.2 Å². The van der Waals surface area contributed by atoms with E-state index in [1.54, 1.807) is 0 Å². The van der Waals surface area contributed by atoms with Crippen molar-refractivity contribution in [3.05, 3.63) is 97.2 Å². The van der Waals surface area contributed by atoms with Crippen LogP contribution in [-0.2, 0) is 28.6 Å². The largest absolute Gasteiger partial charge is 0.462 e. The maximum absolute atomic E-state index is 12.8. The lowest BCUT2D eigenvalue weighted by Crippen LogP contribution is -2.30. The number of ether oxygens (including phenoxy) is 3. The van der Waals surface area contributed by atoms with Gasteiger partial charge in [0.25, 0.3) is 0 Å². The van der Waals surface area contributed by atoms with Gasteiger partial charge < -0.3 is 14.2 Å². The molecule has 6 heteroatoms. The lowest BCUT2D eigenvalue weighted by atomic mass is 10.0. The first-order chi connectivity index (χ1) is 32.5. The molecule has 66 heavy (non-hydrogen) atoms. The SMILES string of the molecule is CC\C=C/C=C\C=C/C=C\C=C\C=C/C=C\CCCCCC(=O)OCC(COC(=O)CCCCCCC/C=C\CCCC)OC(=O)CCCCCCCCCCCCCCCCCCCC. The number of carbonyl (C=O) groups is 3. The zero-order valence-electron chi connectivity index (χ0n) is 42.9. The van der Waals surface area contributed by atoms with Crippen LogP contribution in [0.1, 0.15) is 245 Å². The monoisotopic (exact) mass is 917 g/mol. The van der Waals surface area contributed by atoms with Crippen molar-refractivity contribution in [2.75, 3.05) is 13.2 Å². The van der Waals surface area contributed by atoms with Crippen LogP contribution in [0.3, 0.4) is 0 Å². The summed E-state index contributed by atoms with van der Waals surface area (Å²) in [5.74, 6) is -0.949. The highest BCUT2D eigenvalue weighted by Crippen LogP contribution is 2.16. The van der Waals surface area contributed by atoms with Gasteiger partial charge in [0, 0.05) is 19.3 Å². The quantitative estimate of drug-likeness (QED) is 0.0199. The van der Waals surface area contributed by atoms with Crippen LogP contribution in [0.5, 0.6) is 0 Å². The second-order valence-corrected chi connectivity index (χ2v) is 17.9. The number of hydrogen-bond acceptors (Lipinski definition) is 6. The third kappa shape index (κ3) is 51.3. The third-order valence-electron chi connectivity index (χ3n) is 11.5. The Hall–Kier alpha value is -3.67. The van der Waals surface area contributed by atoms with Gasteiger partial charge in [-0.2, -0.15) is 0 Å². The van der Waals surface area contributed by atoms with Crippen LogP contribution < -0.4 is 0 Å². The zero-order chi connectivity index (χ0) is 47.9.